The van der Waals surface area contributed by atoms with Crippen LogP contribution in [0.4, 0.5) is 20.3 Å². The average molecular weight is 297 g/mol. The summed E-state index contributed by atoms with van der Waals surface area (Å²) < 4.78 is 25.3. The van der Waals surface area contributed by atoms with Crippen LogP contribution >= 0.6 is 11.6 Å². The van der Waals surface area contributed by atoms with Crippen LogP contribution in [0.3, 0.4) is 0 Å². The van der Waals surface area contributed by atoms with Gasteiger partial charge in [0.05, 0.1) is 11.3 Å². The molecule has 20 heavy (non-hydrogen) atoms. The highest BCUT2D eigenvalue weighted by Crippen LogP contribution is 2.25. The van der Waals surface area contributed by atoms with Crippen LogP contribution in [0.5, 0.6) is 0 Å². The van der Waals surface area contributed by atoms with Crippen molar-refractivity contribution in [2.45, 2.75) is 13.3 Å². The van der Waals surface area contributed by atoms with Gasteiger partial charge in [-0.2, -0.15) is 4.98 Å². The van der Waals surface area contributed by atoms with Gasteiger partial charge in [-0.1, -0.05) is 12.1 Å². The molecule has 0 fully saturated rings. The fraction of sp³-hybridized carbons (Fsp3) is 0.154. The number of nitrogens with one attached hydrogen (secondary N) is 2. The van der Waals surface area contributed by atoms with Crippen molar-refractivity contribution in [3.8, 4) is 0 Å². The lowest BCUT2D eigenvalue weighted by atomic mass is 10.2. The fourth-order valence-electron chi connectivity index (χ4n) is 1.70. The molecule has 0 amide bonds. The monoisotopic (exact) mass is 296 g/mol. The van der Waals surface area contributed by atoms with Crippen LogP contribution in [0.15, 0.2) is 24.3 Å². The van der Waals surface area contributed by atoms with E-state index in [4.69, 9.17) is 17.0 Å². The van der Waals surface area contributed by atoms with E-state index in [-0.39, 0.29) is 10.8 Å². The third kappa shape index (κ3) is 3.08. The lowest BCUT2D eigenvalue weighted by molar-refractivity contribution is 0.151. The molecule has 0 radical (unpaired) electrons. The van der Waals surface area contributed by atoms with Crippen molar-refractivity contribution in [1.29, 1.82) is 5.41 Å². The zero-order chi connectivity index (χ0) is 14.7. The Kier molecular flexibility index (Phi) is 4.24. The van der Waals surface area contributed by atoms with Gasteiger partial charge in [0.15, 0.2) is 0 Å². The molecule has 0 spiro atoms. The van der Waals surface area contributed by atoms with E-state index in [2.05, 4.69) is 15.3 Å². The zero-order valence-corrected chi connectivity index (χ0v) is 11.2. The summed E-state index contributed by atoms with van der Waals surface area (Å²) in [5.41, 5.74) is 1.34. The van der Waals surface area contributed by atoms with Crippen molar-refractivity contribution >= 4 is 29.3 Å². The first-order valence-electron chi connectivity index (χ1n) is 5.71. The summed E-state index contributed by atoms with van der Waals surface area (Å²) in [5.74, 6) is 0.309. The maximum absolute atomic E-state index is 12.6. The number of aryl methyl sites for hydroxylation is 1. The molecular weight excluding hydrogens is 286 g/mol. The summed E-state index contributed by atoms with van der Waals surface area (Å²) in [4.78, 5) is 7.91. The van der Waals surface area contributed by atoms with E-state index >= 15 is 0 Å². The Balaban J connectivity index is 2.39. The first-order valence-corrected chi connectivity index (χ1v) is 6.09. The van der Waals surface area contributed by atoms with Crippen LogP contribution in [0.2, 0.25) is 5.28 Å². The molecule has 1 aromatic carbocycles. The highest BCUT2D eigenvalue weighted by molar-refractivity contribution is 6.28. The zero-order valence-electron chi connectivity index (χ0n) is 10.5. The van der Waals surface area contributed by atoms with E-state index in [1.165, 1.54) is 18.2 Å². The summed E-state index contributed by atoms with van der Waals surface area (Å²) in [6, 6.07) is 5.81. The number of aromatic nitrogens is 2. The van der Waals surface area contributed by atoms with Gasteiger partial charge < -0.3 is 10.7 Å². The number of anilines is 2. The van der Waals surface area contributed by atoms with Crippen LogP contribution in [-0.2, 0) is 0 Å². The molecule has 0 aliphatic carbocycles. The van der Waals surface area contributed by atoms with Gasteiger partial charge in [0, 0.05) is 17.5 Å². The quantitative estimate of drug-likeness (QED) is 0.659. The molecule has 0 saturated heterocycles. The minimum atomic E-state index is -2.55. The predicted octanol–water partition coefficient (Wildman–Crippen LogP) is 4.12. The molecule has 4 nitrogen and oxygen atoms in total. The van der Waals surface area contributed by atoms with Crippen molar-refractivity contribution < 1.29 is 8.78 Å². The Bertz CT molecular complexity index is 646. The summed E-state index contributed by atoms with van der Waals surface area (Å²) in [7, 11) is 0. The maximum Gasteiger partial charge on any atom is 0.263 e. The second-order valence-electron chi connectivity index (χ2n) is 4.04. The van der Waals surface area contributed by atoms with Gasteiger partial charge in [-0.05, 0) is 30.7 Å². The second kappa shape index (κ2) is 5.92. The van der Waals surface area contributed by atoms with E-state index in [1.807, 2.05) is 0 Å². The van der Waals surface area contributed by atoms with Crippen molar-refractivity contribution in [1.82, 2.24) is 9.97 Å². The first-order chi connectivity index (χ1) is 9.51. The Labute approximate surface area is 119 Å². The molecule has 0 aliphatic rings. The van der Waals surface area contributed by atoms with E-state index in [1.54, 1.807) is 13.0 Å². The minimum absolute atomic E-state index is 0.0283. The van der Waals surface area contributed by atoms with E-state index in [0.29, 0.717) is 22.8 Å². The smallest absolute Gasteiger partial charge is 0.263 e. The topological polar surface area (TPSA) is 61.7 Å². The number of rotatable bonds is 4. The van der Waals surface area contributed by atoms with Crippen molar-refractivity contribution in [3.63, 3.8) is 0 Å². The van der Waals surface area contributed by atoms with Crippen LogP contribution in [0, 0.1) is 12.3 Å². The molecule has 0 atom stereocenters. The molecule has 1 heterocycles. The SMILES string of the molecule is Cc1nc(Cl)nc(Nc2cccc(C(F)F)c2)c1C=N. The standard InChI is InChI=1S/C13H11ClF2N4/c1-7-10(6-17)12(20-13(14)18-7)19-9-4-2-3-8(5-9)11(15)16/h2-6,11,17H,1H3,(H,18,19,20). The summed E-state index contributed by atoms with van der Waals surface area (Å²) in [5, 5.41) is 10.3. The van der Waals surface area contributed by atoms with E-state index in [9.17, 15) is 8.78 Å². The molecular formula is C13H11ClF2N4. The number of halogens is 3. The normalized spacial score (nSPS) is 10.7. The maximum atomic E-state index is 12.6. The summed E-state index contributed by atoms with van der Waals surface area (Å²) >= 11 is 5.77. The Morgan fingerprint density at radius 2 is 2.10 bits per heavy atom. The molecule has 0 bridgehead atoms. The molecule has 2 aromatic rings. The number of nitrogens with zero attached hydrogens (tertiary/aromatic N) is 2. The lowest BCUT2D eigenvalue weighted by Crippen LogP contribution is -2.04. The molecule has 2 rings (SSSR count). The molecule has 0 aliphatic heterocycles. The molecule has 2 N–H and O–H groups in total. The summed E-state index contributed by atoms with van der Waals surface area (Å²) in [6.07, 6.45) is -1.46. The lowest BCUT2D eigenvalue weighted by Gasteiger charge is -2.11. The van der Waals surface area contributed by atoms with Gasteiger partial charge in [0.1, 0.15) is 5.82 Å². The van der Waals surface area contributed by atoms with Crippen LogP contribution in [0.1, 0.15) is 23.2 Å². The van der Waals surface area contributed by atoms with Crippen LogP contribution in [-0.4, -0.2) is 16.2 Å². The van der Waals surface area contributed by atoms with Crippen LogP contribution in [0.25, 0.3) is 0 Å². The minimum Gasteiger partial charge on any atom is -0.340 e. The number of hydrogen-bond donors (Lipinski definition) is 2. The number of benzene rings is 1. The third-order valence-corrected chi connectivity index (χ3v) is 2.82. The Hall–Kier alpha value is -2.08. The Morgan fingerprint density at radius 3 is 2.75 bits per heavy atom. The van der Waals surface area contributed by atoms with Crippen LogP contribution < -0.4 is 5.32 Å². The number of hydrogen-bond acceptors (Lipinski definition) is 4. The highest BCUT2D eigenvalue weighted by Gasteiger charge is 2.11. The van der Waals surface area contributed by atoms with Crippen molar-refractivity contribution in [2.24, 2.45) is 0 Å². The van der Waals surface area contributed by atoms with Gasteiger partial charge in [-0.3, -0.25) is 0 Å². The van der Waals surface area contributed by atoms with Gasteiger partial charge >= 0.3 is 0 Å². The summed E-state index contributed by atoms with van der Waals surface area (Å²) in [6.45, 7) is 1.69. The van der Waals surface area contributed by atoms with Gasteiger partial charge in [-0.25, -0.2) is 13.8 Å². The molecule has 1 aromatic heterocycles. The fourth-order valence-corrected chi connectivity index (χ4v) is 1.92. The first kappa shape index (κ1) is 14.3. The largest absolute Gasteiger partial charge is 0.340 e. The number of alkyl halides is 2. The van der Waals surface area contributed by atoms with Gasteiger partial charge in [0.2, 0.25) is 5.28 Å². The van der Waals surface area contributed by atoms with E-state index < -0.39 is 6.43 Å². The Morgan fingerprint density at radius 1 is 1.35 bits per heavy atom. The van der Waals surface area contributed by atoms with Gasteiger partial charge in [0.25, 0.3) is 6.43 Å². The molecule has 0 unspecified atom stereocenters. The molecule has 0 saturated carbocycles. The van der Waals surface area contributed by atoms with E-state index in [0.717, 1.165) is 6.21 Å². The molecule has 7 heteroatoms. The third-order valence-electron chi connectivity index (χ3n) is 2.65. The second-order valence-corrected chi connectivity index (χ2v) is 4.37. The van der Waals surface area contributed by atoms with Crippen molar-refractivity contribution in [3.05, 3.63) is 46.4 Å². The highest BCUT2D eigenvalue weighted by atomic mass is 35.5. The average Bonchev–Trinajstić information content (AvgIpc) is 2.38. The van der Waals surface area contributed by atoms with Gasteiger partial charge in [-0.15, -0.1) is 0 Å². The van der Waals surface area contributed by atoms with Crippen molar-refractivity contribution in [2.75, 3.05) is 5.32 Å². The predicted molar refractivity (Wildman–Crippen MR) is 74.3 cm³/mol. The molecule has 104 valence electrons.